The van der Waals surface area contributed by atoms with Crippen LogP contribution >= 0.6 is 0 Å². The van der Waals surface area contributed by atoms with Gasteiger partial charge in [0.25, 0.3) is 0 Å². The van der Waals surface area contributed by atoms with Gasteiger partial charge >= 0.3 is 16.0 Å². The number of methoxy groups -OCH3 is 1. The van der Waals surface area contributed by atoms with Gasteiger partial charge in [0.1, 0.15) is 5.75 Å². The largest absolute Gasteiger partial charge is 0.497 e. The Morgan fingerprint density at radius 2 is 1.95 bits per heavy atom. The zero-order valence-corrected chi connectivity index (χ0v) is 10.5. The van der Waals surface area contributed by atoms with E-state index >= 15 is 0 Å². The average molecular weight is 290 g/mol. The molecular weight excluding hydrogens is 280 g/mol. The number of benzene rings is 1. The van der Waals surface area contributed by atoms with Crippen molar-refractivity contribution in [2.45, 2.75) is 4.90 Å². The highest BCUT2D eigenvalue weighted by atomic mass is 32.2. The van der Waals surface area contributed by atoms with Gasteiger partial charge in [0.2, 0.25) is 0 Å². The molecule has 10 heteroatoms. The summed E-state index contributed by atoms with van der Waals surface area (Å²) in [5, 5.41) is 17.9. The topological polar surface area (TPSA) is 127 Å². The van der Waals surface area contributed by atoms with Crippen LogP contribution in [0.3, 0.4) is 0 Å². The molecule has 104 valence electrons. The summed E-state index contributed by atoms with van der Waals surface area (Å²) in [5.74, 6) is -1.27. The van der Waals surface area contributed by atoms with Crippen molar-refractivity contribution in [1.82, 2.24) is 4.41 Å². The number of ether oxygens (including phenoxy) is 1. The molecule has 0 fully saturated rings. The molecule has 0 atom stereocenters. The Labute approximate surface area is 108 Å². The van der Waals surface area contributed by atoms with Gasteiger partial charge in [0, 0.05) is 4.41 Å². The number of hydrogen-bond acceptors (Lipinski definition) is 6. The second kappa shape index (κ2) is 5.52. The van der Waals surface area contributed by atoms with Crippen LogP contribution in [0.15, 0.2) is 29.2 Å². The van der Waals surface area contributed by atoms with Crippen molar-refractivity contribution in [2.24, 2.45) is 0 Å². The summed E-state index contributed by atoms with van der Waals surface area (Å²) >= 11 is 0. The molecule has 0 radical (unpaired) electrons. The molecular formula is C9H10N2O7S. The molecule has 1 aromatic carbocycles. The maximum absolute atomic E-state index is 11.9. The summed E-state index contributed by atoms with van der Waals surface area (Å²) in [6.45, 7) is -1.26. The van der Waals surface area contributed by atoms with Gasteiger partial charge < -0.3 is 9.84 Å². The fraction of sp³-hybridized carbons (Fsp3) is 0.222. The number of carboxylic acids is 1. The Balaban J connectivity index is 3.18. The number of rotatable bonds is 6. The van der Waals surface area contributed by atoms with Crippen molar-refractivity contribution in [3.63, 3.8) is 0 Å². The van der Waals surface area contributed by atoms with Gasteiger partial charge in [-0.25, -0.2) is 10.1 Å². The first-order valence-electron chi connectivity index (χ1n) is 4.82. The molecule has 0 unspecified atom stereocenters. The van der Waals surface area contributed by atoms with E-state index in [1.807, 2.05) is 0 Å². The summed E-state index contributed by atoms with van der Waals surface area (Å²) in [7, 11) is -3.15. The van der Waals surface area contributed by atoms with E-state index in [-0.39, 0.29) is 4.41 Å². The second-order valence-corrected chi connectivity index (χ2v) is 5.14. The van der Waals surface area contributed by atoms with Gasteiger partial charge in [-0.2, -0.15) is 8.42 Å². The third-order valence-corrected chi connectivity index (χ3v) is 3.77. The number of carboxylic acid groups (broad SMARTS) is 1. The van der Waals surface area contributed by atoms with Gasteiger partial charge in [-0.15, -0.1) is 0 Å². The van der Waals surface area contributed by atoms with Gasteiger partial charge in [-0.05, 0) is 24.3 Å². The standard InChI is InChI=1S/C9H10N2O7S/c1-18-7-2-4-8(5-3-7)19(16,17)10(11(14)15)6-9(12)13/h2-5H,6H2,1H3,(H,12,13). The lowest BCUT2D eigenvalue weighted by atomic mass is 10.3. The molecule has 0 aliphatic carbocycles. The molecule has 0 saturated heterocycles. The second-order valence-electron chi connectivity index (χ2n) is 3.29. The van der Waals surface area contributed by atoms with Crippen molar-refractivity contribution in [2.75, 3.05) is 13.7 Å². The van der Waals surface area contributed by atoms with E-state index in [0.717, 1.165) is 12.1 Å². The lowest BCUT2D eigenvalue weighted by Crippen LogP contribution is -2.40. The molecule has 1 N–H and O–H groups in total. The van der Waals surface area contributed by atoms with E-state index in [9.17, 15) is 23.3 Å². The van der Waals surface area contributed by atoms with Gasteiger partial charge in [-0.1, -0.05) is 0 Å². The lowest BCUT2D eigenvalue weighted by Gasteiger charge is -2.12. The lowest BCUT2D eigenvalue weighted by molar-refractivity contribution is -0.617. The van der Waals surface area contributed by atoms with Crippen LogP contribution in [-0.4, -0.2) is 42.6 Å². The Morgan fingerprint density at radius 1 is 1.42 bits per heavy atom. The van der Waals surface area contributed by atoms with E-state index in [0.29, 0.717) is 5.75 Å². The quantitative estimate of drug-likeness (QED) is 0.575. The third kappa shape index (κ3) is 3.31. The van der Waals surface area contributed by atoms with Crippen LogP contribution in [0.25, 0.3) is 0 Å². The van der Waals surface area contributed by atoms with E-state index in [1.54, 1.807) is 0 Å². The predicted octanol–water partition coefficient (Wildman–Crippen LogP) is -0.0378. The van der Waals surface area contributed by atoms with Crippen LogP contribution in [0.2, 0.25) is 0 Å². The van der Waals surface area contributed by atoms with Crippen LogP contribution < -0.4 is 4.74 Å². The number of nitrogens with zero attached hydrogens (tertiary/aromatic N) is 2. The first-order chi connectivity index (χ1) is 8.78. The molecule has 0 spiro atoms. The molecule has 0 saturated carbocycles. The zero-order valence-electron chi connectivity index (χ0n) is 9.72. The van der Waals surface area contributed by atoms with Gasteiger partial charge in [0.15, 0.2) is 11.6 Å². The normalized spacial score (nSPS) is 10.8. The smallest absolute Gasteiger partial charge is 0.330 e. The number of carbonyl (C=O) groups is 1. The van der Waals surface area contributed by atoms with Gasteiger partial charge in [0.05, 0.1) is 12.0 Å². The Hall–Kier alpha value is -2.36. The fourth-order valence-corrected chi connectivity index (χ4v) is 2.39. The zero-order chi connectivity index (χ0) is 14.6. The van der Waals surface area contributed by atoms with Crippen LogP contribution in [0.1, 0.15) is 0 Å². The Kier molecular flexibility index (Phi) is 4.27. The first kappa shape index (κ1) is 14.7. The molecule has 1 rings (SSSR count). The van der Waals surface area contributed by atoms with Crippen LogP contribution in [0, 0.1) is 10.1 Å². The summed E-state index contributed by atoms with van der Waals surface area (Å²) in [6.07, 6.45) is 0. The molecule has 0 amide bonds. The minimum atomic E-state index is -4.52. The molecule has 0 heterocycles. The first-order valence-corrected chi connectivity index (χ1v) is 6.26. The van der Waals surface area contributed by atoms with Crippen molar-refractivity contribution >= 4 is 16.0 Å². The third-order valence-electron chi connectivity index (χ3n) is 2.09. The van der Waals surface area contributed by atoms with E-state index in [2.05, 4.69) is 0 Å². The molecule has 0 aliphatic heterocycles. The Bertz CT molecular complexity index is 581. The summed E-state index contributed by atoms with van der Waals surface area (Å²) in [5.41, 5.74) is 0. The van der Waals surface area contributed by atoms with Crippen LogP contribution in [-0.2, 0) is 14.8 Å². The molecule has 9 nitrogen and oxygen atoms in total. The Morgan fingerprint density at radius 3 is 2.32 bits per heavy atom. The highest BCUT2D eigenvalue weighted by Crippen LogP contribution is 2.19. The summed E-state index contributed by atoms with van der Waals surface area (Å²) < 4.78 is 28.3. The van der Waals surface area contributed by atoms with Crippen molar-refractivity contribution < 1.29 is 28.1 Å². The van der Waals surface area contributed by atoms with Crippen molar-refractivity contribution in [1.29, 1.82) is 0 Å². The summed E-state index contributed by atoms with van der Waals surface area (Å²) in [4.78, 5) is 20.7. The molecule has 0 bridgehead atoms. The van der Waals surface area contributed by atoms with Gasteiger partial charge in [-0.3, -0.25) is 4.79 Å². The highest BCUT2D eigenvalue weighted by molar-refractivity contribution is 7.89. The molecule has 0 aromatic heterocycles. The fourth-order valence-electron chi connectivity index (χ4n) is 1.22. The number of aliphatic carboxylic acids is 1. The SMILES string of the molecule is COc1ccc(S(=O)(=O)N(CC(=O)O)[N+](=O)[O-])cc1. The number of hydrogen-bond donors (Lipinski definition) is 1. The maximum Gasteiger partial charge on any atom is 0.330 e. The minimum Gasteiger partial charge on any atom is -0.497 e. The number of nitro groups is 1. The predicted molar refractivity (Wildman–Crippen MR) is 61.5 cm³/mol. The molecule has 19 heavy (non-hydrogen) atoms. The highest BCUT2D eigenvalue weighted by Gasteiger charge is 2.34. The summed E-state index contributed by atoms with van der Waals surface area (Å²) in [6, 6.07) is 4.77. The minimum absolute atomic E-state index is 0.336. The van der Waals surface area contributed by atoms with Crippen molar-refractivity contribution in [3.05, 3.63) is 34.4 Å². The van der Waals surface area contributed by atoms with Crippen LogP contribution in [0.4, 0.5) is 0 Å². The molecule has 0 aliphatic rings. The van der Waals surface area contributed by atoms with E-state index in [4.69, 9.17) is 9.84 Å². The van der Waals surface area contributed by atoms with Crippen molar-refractivity contribution in [3.8, 4) is 5.75 Å². The maximum atomic E-state index is 11.9. The average Bonchev–Trinajstić information content (AvgIpc) is 2.35. The van der Waals surface area contributed by atoms with E-state index < -0.39 is 32.5 Å². The molecule has 1 aromatic rings. The van der Waals surface area contributed by atoms with Crippen LogP contribution in [0.5, 0.6) is 5.75 Å². The monoisotopic (exact) mass is 290 g/mol. The van der Waals surface area contributed by atoms with E-state index in [1.165, 1.54) is 19.2 Å². The number of sulfonamides is 1. The number of hydrazine groups is 1.